The Bertz CT molecular complexity index is 828. The summed E-state index contributed by atoms with van der Waals surface area (Å²) in [7, 11) is 0. The molecule has 0 spiro atoms. The molecule has 0 aliphatic heterocycles. The van der Waals surface area contributed by atoms with Crippen LogP contribution in [0.1, 0.15) is 200 Å². The standard InChI is InChI=1S/C43H77NO4/c1-4-7-10-13-17-25-32-41(33-26-18-14-11-8-5-2)48-43(46)34-27-19-16-21-29-37-44(36-28-20-15-12-9-6-3)38-35-42(45)47-39-40-30-23-22-24-31-40/h22-24,30-31,41H,4-21,25-29,32-39H2,1-3H3. The molecule has 278 valence electrons. The van der Waals surface area contributed by atoms with Gasteiger partial charge in [-0.05, 0) is 63.6 Å². The third-order valence-corrected chi connectivity index (χ3v) is 9.62. The number of carbonyl (C=O) groups excluding carboxylic acids is 2. The summed E-state index contributed by atoms with van der Waals surface area (Å²) in [5, 5.41) is 0. The molecule has 0 saturated carbocycles. The molecule has 0 amide bonds. The third kappa shape index (κ3) is 28.0. The number of hydrogen-bond acceptors (Lipinski definition) is 5. The van der Waals surface area contributed by atoms with Crippen LogP contribution in [0.25, 0.3) is 0 Å². The van der Waals surface area contributed by atoms with Crippen LogP contribution >= 0.6 is 0 Å². The van der Waals surface area contributed by atoms with Crippen molar-refractivity contribution in [3.8, 4) is 0 Å². The van der Waals surface area contributed by atoms with Crippen molar-refractivity contribution in [1.29, 1.82) is 0 Å². The zero-order chi connectivity index (χ0) is 34.8. The van der Waals surface area contributed by atoms with Crippen LogP contribution in [-0.2, 0) is 25.7 Å². The van der Waals surface area contributed by atoms with E-state index in [9.17, 15) is 9.59 Å². The lowest BCUT2D eigenvalue weighted by molar-refractivity contribution is -0.150. The summed E-state index contributed by atoms with van der Waals surface area (Å²) >= 11 is 0. The quantitative estimate of drug-likeness (QED) is 0.0531. The molecular weight excluding hydrogens is 594 g/mol. The molecule has 0 aliphatic rings. The number of unbranched alkanes of at least 4 members (excludes halogenated alkanes) is 19. The lowest BCUT2D eigenvalue weighted by atomic mass is 10.0. The van der Waals surface area contributed by atoms with Crippen molar-refractivity contribution in [3.05, 3.63) is 35.9 Å². The first-order chi connectivity index (χ1) is 23.6. The van der Waals surface area contributed by atoms with Crippen LogP contribution in [0.3, 0.4) is 0 Å². The Morgan fingerprint density at radius 1 is 0.521 bits per heavy atom. The van der Waals surface area contributed by atoms with Gasteiger partial charge in [0.1, 0.15) is 12.7 Å². The van der Waals surface area contributed by atoms with Gasteiger partial charge in [-0.2, -0.15) is 0 Å². The third-order valence-electron chi connectivity index (χ3n) is 9.62. The molecule has 1 rings (SSSR count). The predicted octanol–water partition coefficient (Wildman–Crippen LogP) is 12.5. The monoisotopic (exact) mass is 672 g/mol. The highest BCUT2D eigenvalue weighted by molar-refractivity contribution is 5.69. The van der Waals surface area contributed by atoms with Crippen molar-refractivity contribution in [1.82, 2.24) is 4.90 Å². The van der Waals surface area contributed by atoms with Gasteiger partial charge in [-0.15, -0.1) is 0 Å². The molecule has 1 aromatic rings. The molecule has 1 aromatic carbocycles. The summed E-state index contributed by atoms with van der Waals surface area (Å²) in [6.45, 7) is 9.99. The fourth-order valence-electron chi connectivity index (χ4n) is 6.46. The second-order valence-corrected chi connectivity index (χ2v) is 14.2. The molecule has 5 heteroatoms. The van der Waals surface area contributed by atoms with Gasteiger partial charge in [0.05, 0.1) is 6.42 Å². The first-order valence-electron chi connectivity index (χ1n) is 20.7. The van der Waals surface area contributed by atoms with E-state index in [0.717, 1.165) is 63.7 Å². The minimum Gasteiger partial charge on any atom is -0.462 e. The van der Waals surface area contributed by atoms with Gasteiger partial charge in [0.15, 0.2) is 0 Å². The largest absolute Gasteiger partial charge is 0.462 e. The lowest BCUT2D eigenvalue weighted by Crippen LogP contribution is -2.29. The normalized spacial score (nSPS) is 11.4. The second-order valence-electron chi connectivity index (χ2n) is 14.2. The summed E-state index contributed by atoms with van der Waals surface area (Å²) < 4.78 is 11.6. The van der Waals surface area contributed by atoms with Gasteiger partial charge >= 0.3 is 11.9 Å². The van der Waals surface area contributed by atoms with E-state index >= 15 is 0 Å². The first kappa shape index (κ1) is 44.1. The summed E-state index contributed by atoms with van der Waals surface area (Å²) in [5.74, 6) is -0.0962. The Kier molecular flexibility index (Phi) is 30.9. The van der Waals surface area contributed by atoms with Crippen LogP contribution in [0.2, 0.25) is 0 Å². The SMILES string of the molecule is CCCCCCCCC(CCCCCCCC)OC(=O)CCCCCCCN(CCCCCCCC)CCC(=O)OCc1ccccc1. The van der Waals surface area contributed by atoms with Gasteiger partial charge in [0, 0.05) is 13.0 Å². The summed E-state index contributed by atoms with van der Waals surface area (Å²) in [4.78, 5) is 27.7. The molecule has 0 unspecified atom stereocenters. The Labute approximate surface area is 297 Å². The molecule has 0 aliphatic carbocycles. The zero-order valence-electron chi connectivity index (χ0n) is 32.0. The van der Waals surface area contributed by atoms with Crippen LogP contribution in [0.4, 0.5) is 0 Å². The van der Waals surface area contributed by atoms with E-state index in [2.05, 4.69) is 25.7 Å². The summed E-state index contributed by atoms with van der Waals surface area (Å²) in [5.41, 5.74) is 1.03. The van der Waals surface area contributed by atoms with Crippen LogP contribution in [0.15, 0.2) is 30.3 Å². The number of esters is 2. The number of hydrogen-bond donors (Lipinski definition) is 0. The summed E-state index contributed by atoms with van der Waals surface area (Å²) in [6, 6.07) is 9.91. The second kappa shape index (κ2) is 33.6. The van der Waals surface area contributed by atoms with Crippen molar-refractivity contribution in [2.75, 3.05) is 19.6 Å². The number of benzene rings is 1. The van der Waals surface area contributed by atoms with E-state index in [1.165, 1.54) is 122 Å². The van der Waals surface area contributed by atoms with Gasteiger partial charge in [-0.25, -0.2) is 0 Å². The fraction of sp³-hybridized carbons (Fsp3) is 0.814. The highest BCUT2D eigenvalue weighted by Gasteiger charge is 2.15. The average molecular weight is 672 g/mol. The van der Waals surface area contributed by atoms with Crippen LogP contribution in [-0.4, -0.2) is 42.6 Å². The van der Waals surface area contributed by atoms with Gasteiger partial charge in [0.2, 0.25) is 0 Å². The van der Waals surface area contributed by atoms with Crippen molar-refractivity contribution >= 4 is 11.9 Å². The van der Waals surface area contributed by atoms with E-state index in [1.54, 1.807) is 0 Å². The maximum absolute atomic E-state index is 12.8. The van der Waals surface area contributed by atoms with E-state index in [4.69, 9.17) is 9.47 Å². The Morgan fingerprint density at radius 2 is 0.979 bits per heavy atom. The molecule has 0 radical (unpaired) electrons. The Hall–Kier alpha value is -1.88. The molecule has 0 aromatic heterocycles. The minimum atomic E-state index is -0.111. The van der Waals surface area contributed by atoms with E-state index in [-0.39, 0.29) is 18.0 Å². The van der Waals surface area contributed by atoms with Crippen molar-refractivity contribution in [3.63, 3.8) is 0 Å². The maximum Gasteiger partial charge on any atom is 0.307 e. The Morgan fingerprint density at radius 3 is 1.50 bits per heavy atom. The van der Waals surface area contributed by atoms with Gasteiger partial charge in [-0.3, -0.25) is 9.59 Å². The molecule has 0 heterocycles. The van der Waals surface area contributed by atoms with E-state index in [0.29, 0.717) is 19.4 Å². The Balaban J connectivity index is 2.32. The zero-order valence-corrected chi connectivity index (χ0v) is 32.0. The highest BCUT2D eigenvalue weighted by atomic mass is 16.5. The number of rotatable bonds is 35. The molecule has 0 bridgehead atoms. The first-order valence-corrected chi connectivity index (χ1v) is 20.7. The molecule has 0 N–H and O–H groups in total. The highest BCUT2D eigenvalue weighted by Crippen LogP contribution is 2.18. The number of ether oxygens (including phenoxy) is 2. The average Bonchev–Trinajstić information content (AvgIpc) is 3.10. The van der Waals surface area contributed by atoms with Crippen LogP contribution < -0.4 is 0 Å². The number of carbonyl (C=O) groups is 2. The molecule has 0 saturated heterocycles. The summed E-state index contributed by atoms with van der Waals surface area (Å²) in [6.07, 6.45) is 31.8. The number of nitrogens with zero attached hydrogens (tertiary/aromatic N) is 1. The molecule has 48 heavy (non-hydrogen) atoms. The van der Waals surface area contributed by atoms with Crippen molar-refractivity contribution in [2.24, 2.45) is 0 Å². The maximum atomic E-state index is 12.8. The van der Waals surface area contributed by atoms with Crippen molar-refractivity contribution in [2.45, 2.75) is 207 Å². The van der Waals surface area contributed by atoms with Gasteiger partial charge in [0.25, 0.3) is 0 Å². The van der Waals surface area contributed by atoms with Crippen molar-refractivity contribution < 1.29 is 19.1 Å². The lowest BCUT2D eigenvalue weighted by Gasteiger charge is -2.22. The smallest absolute Gasteiger partial charge is 0.307 e. The molecule has 0 atom stereocenters. The predicted molar refractivity (Wildman–Crippen MR) is 204 cm³/mol. The van der Waals surface area contributed by atoms with Crippen LogP contribution in [0.5, 0.6) is 0 Å². The van der Waals surface area contributed by atoms with Gasteiger partial charge < -0.3 is 14.4 Å². The molecule has 5 nitrogen and oxygen atoms in total. The minimum absolute atomic E-state index is 0.0150. The van der Waals surface area contributed by atoms with Crippen LogP contribution in [0, 0.1) is 0 Å². The van der Waals surface area contributed by atoms with E-state index < -0.39 is 0 Å². The van der Waals surface area contributed by atoms with Gasteiger partial charge in [-0.1, -0.05) is 167 Å². The fourth-order valence-corrected chi connectivity index (χ4v) is 6.46. The van der Waals surface area contributed by atoms with E-state index in [1.807, 2.05) is 30.3 Å². The molecular formula is C43H77NO4. The topological polar surface area (TPSA) is 55.8 Å². The molecule has 0 fully saturated rings.